The molecule has 0 fully saturated rings. The molecule has 0 spiro atoms. The molecule has 0 N–H and O–H groups in total. The molecular weight excluding hydrogens is 214 g/mol. The largest absolute Gasteiger partial charge is 0.495 e. The molecule has 0 aliphatic rings. The summed E-state index contributed by atoms with van der Waals surface area (Å²) in [4.78, 5) is 11.4. The van der Waals surface area contributed by atoms with Crippen molar-refractivity contribution in [2.75, 3.05) is 7.11 Å². The first kappa shape index (κ1) is 11.5. The predicted octanol–water partition coefficient (Wildman–Crippen LogP) is 2.46. The van der Waals surface area contributed by atoms with Gasteiger partial charge in [-0.25, -0.2) is 0 Å². The maximum absolute atomic E-state index is 11.4. The predicted molar refractivity (Wildman–Crippen MR) is 68.1 cm³/mol. The molecule has 1 aromatic heterocycles. The van der Waals surface area contributed by atoms with Gasteiger partial charge in [-0.2, -0.15) is 0 Å². The second-order valence-electron chi connectivity index (χ2n) is 3.98. The summed E-state index contributed by atoms with van der Waals surface area (Å²) in [6, 6.07) is 11.0. The minimum atomic E-state index is 0.0335. The van der Waals surface area contributed by atoms with Crippen molar-refractivity contribution in [3.05, 3.63) is 58.0 Å². The van der Waals surface area contributed by atoms with Gasteiger partial charge in [-0.15, -0.1) is 0 Å². The fraction of sp³-hybridized carbons (Fsp3) is 0.214. The van der Waals surface area contributed by atoms with Crippen molar-refractivity contribution < 1.29 is 4.74 Å². The number of methoxy groups -OCH3 is 1. The summed E-state index contributed by atoms with van der Waals surface area (Å²) >= 11 is 0. The van der Waals surface area contributed by atoms with E-state index in [0.717, 1.165) is 22.8 Å². The highest BCUT2D eigenvalue weighted by Crippen LogP contribution is 2.24. The molecule has 2 aromatic rings. The van der Waals surface area contributed by atoms with Crippen LogP contribution in [0.3, 0.4) is 0 Å². The minimum absolute atomic E-state index is 0.0335. The first-order chi connectivity index (χ1) is 8.13. The summed E-state index contributed by atoms with van der Waals surface area (Å²) in [5, 5.41) is 0. The van der Waals surface area contributed by atoms with Gasteiger partial charge in [0.25, 0.3) is 0 Å². The summed E-state index contributed by atoms with van der Waals surface area (Å²) in [6.07, 6.45) is 0. The Labute approximate surface area is 100 Å². The Morgan fingerprint density at radius 1 is 1.06 bits per heavy atom. The molecule has 0 aliphatic heterocycles. The molecule has 0 aliphatic carbocycles. The van der Waals surface area contributed by atoms with E-state index in [1.807, 2.05) is 42.7 Å². The Morgan fingerprint density at radius 2 is 1.65 bits per heavy atom. The number of hydrogen-bond acceptors (Lipinski definition) is 2. The van der Waals surface area contributed by atoms with Crippen LogP contribution in [0.4, 0.5) is 0 Å². The number of benzene rings is 1. The molecule has 0 saturated heterocycles. The van der Waals surface area contributed by atoms with E-state index in [2.05, 4.69) is 0 Å². The summed E-state index contributed by atoms with van der Waals surface area (Å²) in [5.41, 5.74) is 2.79. The van der Waals surface area contributed by atoms with Crippen LogP contribution in [-0.2, 0) is 0 Å². The molecule has 0 unspecified atom stereocenters. The second kappa shape index (κ2) is 4.45. The van der Waals surface area contributed by atoms with Crippen LogP contribution in [0, 0.1) is 13.8 Å². The Hall–Kier alpha value is -2.03. The fourth-order valence-electron chi connectivity index (χ4n) is 2.06. The number of pyridine rings is 1. The Balaban J connectivity index is 2.72. The normalized spacial score (nSPS) is 10.3. The van der Waals surface area contributed by atoms with E-state index in [4.69, 9.17) is 4.74 Å². The lowest BCUT2D eigenvalue weighted by Gasteiger charge is -2.16. The first-order valence-electron chi connectivity index (χ1n) is 5.47. The molecule has 0 radical (unpaired) electrons. The lowest BCUT2D eigenvalue weighted by Crippen LogP contribution is -2.12. The summed E-state index contributed by atoms with van der Waals surface area (Å²) in [5.74, 6) is 0.794. The van der Waals surface area contributed by atoms with Gasteiger partial charge in [-0.3, -0.25) is 4.79 Å². The number of rotatable bonds is 2. The van der Waals surface area contributed by atoms with Crippen LogP contribution in [0.25, 0.3) is 5.69 Å². The Bertz CT molecular complexity index is 573. The molecule has 2 rings (SSSR count). The first-order valence-corrected chi connectivity index (χ1v) is 5.47. The maximum Gasteiger partial charge on any atom is 0.182 e. The molecule has 0 amide bonds. The average molecular weight is 229 g/mol. The molecule has 0 atom stereocenters. The number of para-hydroxylation sites is 2. The van der Waals surface area contributed by atoms with Crippen molar-refractivity contribution in [2.45, 2.75) is 13.8 Å². The molecule has 3 heteroatoms. The highest BCUT2D eigenvalue weighted by atomic mass is 16.5. The lowest BCUT2D eigenvalue weighted by atomic mass is 10.2. The molecule has 0 bridgehead atoms. The van der Waals surface area contributed by atoms with Gasteiger partial charge in [-0.05, 0) is 26.0 Å². The minimum Gasteiger partial charge on any atom is -0.495 e. The number of ether oxygens (including phenoxy) is 1. The molecule has 88 valence electrons. The number of nitrogens with zero attached hydrogens (tertiary/aromatic N) is 1. The van der Waals surface area contributed by atoms with E-state index in [0.29, 0.717) is 0 Å². The van der Waals surface area contributed by atoms with E-state index in [-0.39, 0.29) is 5.43 Å². The van der Waals surface area contributed by atoms with Gasteiger partial charge in [-0.1, -0.05) is 12.1 Å². The number of aromatic nitrogens is 1. The van der Waals surface area contributed by atoms with Crippen molar-refractivity contribution in [3.63, 3.8) is 0 Å². The van der Waals surface area contributed by atoms with E-state index in [1.54, 1.807) is 19.2 Å². The van der Waals surface area contributed by atoms with Crippen LogP contribution in [0.1, 0.15) is 11.4 Å². The fourth-order valence-corrected chi connectivity index (χ4v) is 2.06. The van der Waals surface area contributed by atoms with Gasteiger partial charge in [0.15, 0.2) is 5.43 Å². The van der Waals surface area contributed by atoms with Crippen LogP contribution in [-0.4, -0.2) is 11.7 Å². The van der Waals surface area contributed by atoms with Gasteiger partial charge in [0.2, 0.25) is 0 Å². The zero-order valence-corrected chi connectivity index (χ0v) is 10.2. The van der Waals surface area contributed by atoms with Crippen molar-refractivity contribution in [3.8, 4) is 11.4 Å². The zero-order valence-electron chi connectivity index (χ0n) is 10.2. The summed E-state index contributed by atoms with van der Waals surface area (Å²) in [7, 11) is 1.64. The van der Waals surface area contributed by atoms with Crippen molar-refractivity contribution in [1.29, 1.82) is 0 Å². The monoisotopic (exact) mass is 229 g/mol. The quantitative estimate of drug-likeness (QED) is 0.792. The van der Waals surface area contributed by atoms with Gasteiger partial charge >= 0.3 is 0 Å². The Morgan fingerprint density at radius 3 is 2.24 bits per heavy atom. The van der Waals surface area contributed by atoms with Crippen LogP contribution in [0.15, 0.2) is 41.2 Å². The standard InChI is InChI=1S/C14H15NO2/c1-10-8-12(16)9-11(2)15(10)13-6-4-5-7-14(13)17-3/h4-9H,1-3H3. The highest BCUT2D eigenvalue weighted by Gasteiger charge is 2.08. The van der Waals surface area contributed by atoms with Crippen molar-refractivity contribution in [2.24, 2.45) is 0 Å². The second-order valence-corrected chi connectivity index (χ2v) is 3.98. The van der Waals surface area contributed by atoms with E-state index in [1.165, 1.54) is 0 Å². The van der Waals surface area contributed by atoms with E-state index < -0.39 is 0 Å². The third-order valence-corrected chi connectivity index (χ3v) is 2.73. The van der Waals surface area contributed by atoms with Crippen LogP contribution in [0.5, 0.6) is 5.75 Å². The number of hydrogen-bond donors (Lipinski definition) is 0. The summed E-state index contributed by atoms with van der Waals surface area (Å²) in [6.45, 7) is 3.84. The molecule has 1 heterocycles. The molecular formula is C14H15NO2. The number of aryl methyl sites for hydroxylation is 2. The van der Waals surface area contributed by atoms with Gasteiger partial charge in [0.1, 0.15) is 5.75 Å². The third-order valence-electron chi connectivity index (χ3n) is 2.73. The van der Waals surface area contributed by atoms with Gasteiger partial charge in [0.05, 0.1) is 12.8 Å². The lowest BCUT2D eigenvalue weighted by molar-refractivity contribution is 0.412. The molecule has 1 aromatic carbocycles. The van der Waals surface area contributed by atoms with Crippen molar-refractivity contribution >= 4 is 0 Å². The van der Waals surface area contributed by atoms with Gasteiger partial charge in [0, 0.05) is 23.5 Å². The van der Waals surface area contributed by atoms with Crippen LogP contribution < -0.4 is 10.2 Å². The summed E-state index contributed by atoms with van der Waals surface area (Å²) < 4.78 is 7.36. The van der Waals surface area contributed by atoms with Crippen LogP contribution >= 0.6 is 0 Å². The third kappa shape index (κ3) is 2.09. The topological polar surface area (TPSA) is 31.2 Å². The molecule has 0 saturated carbocycles. The highest BCUT2D eigenvalue weighted by molar-refractivity contribution is 5.48. The molecule has 17 heavy (non-hydrogen) atoms. The zero-order chi connectivity index (χ0) is 12.4. The Kier molecular flexibility index (Phi) is 3.00. The van der Waals surface area contributed by atoms with E-state index >= 15 is 0 Å². The van der Waals surface area contributed by atoms with Crippen molar-refractivity contribution in [1.82, 2.24) is 4.57 Å². The average Bonchev–Trinajstić information content (AvgIpc) is 2.28. The van der Waals surface area contributed by atoms with Crippen LogP contribution in [0.2, 0.25) is 0 Å². The van der Waals surface area contributed by atoms with E-state index in [9.17, 15) is 4.79 Å². The van der Waals surface area contributed by atoms with Gasteiger partial charge < -0.3 is 9.30 Å². The molecule has 3 nitrogen and oxygen atoms in total. The maximum atomic E-state index is 11.4. The smallest absolute Gasteiger partial charge is 0.182 e. The SMILES string of the molecule is COc1ccccc1-n1c(C)cc(=O)cc1C.